The summed E-state index contributed by atoms with van der Waals surface area (Å²) in [4.78, 5) is 17.4. The maximum absolute atomic E-state index is 13.1. The van der Waals surface area contributed by atoms with Crippen LogP contribution in [0.2, 0.25) is 0 Å². The minimum atomic E-state index is -2.38. The number of nitrogens with zero attached hydrogens (tertiary/aromatic N) is 1. The van der Waals surface area contributed by atoms with Crippen LogP contribution in [0.3, 0.4) is 0 Å². The number of ether oxygens (including phenoxy) is 1. The third-order valence-electron chi connectivity index (χ3n) is 6.06. The number of halogens is 2. The van der Waals surface area contributed by atoms with E-state index in [1.54, 1.807) is 35.9 Å². The molecule has 0 unspecified atom stereocenters. The summed E-state index contributed by atoms with van der Waals surface area (Å²) in [5.41, 5.74) is 3.33. The molecule has 0 aliphatic carbocycles. The summed E-state index contributed by atoms with van der Waals surface area (Å²) in [6, 6.07) is 10.8. The number of alkyl halides is 2. The quantitative estimate of drug-likeness (QED) is 0.494. The molecule has 170 valence electrons. The maximum atomic E-state index is 13.1. The van der Waals surface area contributed by atoms with Crippen LogP contribution in [0.15, 0.2) is 47.5 Å². The summed E-state index contributed by atoms with van der Waals surface area (Å²) >= 11 is 1.72. The number of aromatic carboxylic acids is 1. The molecule has 1 fully saturated rings. The number of methoxy groups -OCH3 is 1. The van der Waals surface area contributed by atoms with Gasteiger partial charge in [0.25, 0.3) is 6.43 Å². The molecule has 0 saturated carbocycles. The van der Waals surface area contributed by atoms with Crippen LogP contribution in [-0.4, -0.2) is 59.4 Å². The zero-order valence-corrected chi connectivity index (χ0v) is 18.8. The van der Waals surface area contributed by atoms with Crippen molar-refractivity contribution in [3.63, 3.8) is 0 Å². The van der Waals surface area contributed by atoms with E-state index < -0.39 is 12.4 Å². The van der Waals surface area contributed by atoms with Gasteiger partial charge in [0.15, 0.2) is 0 Å². The van der Waals surface area contributed by atoms with E-state index >= 15 is 0 Å². The number of aromatic amines is 1. The van der Waals surface area contributed by atoms with Crippen molar-refractivity contribution in [1.82, 2.24) is 9.88 Å². The topological polar surface area (TPSA) is 65.6 Å². The zero-order chi connectivity index (χ0) is 22.8. The molecular weight excluding hydrogens is 434 g/mol. The highest BCUT2D eigenvalue weighted by Crippen LogP contribution is 2.45. The monoisotopic (exact) mass is 460 g/mol. The lowest BCUT2D eigenvalue weighted by molar-refractivity contribution is 0.0695. The van der Waals surface area contributed by atoms with Crippen molar-refractivity contribution < 1.29 is 23.4 Å². The first-order valence-electron chi connectivity index (χ1n) is 10.5. The van der Waals surface area contributed by atoms with Gasteiger partial charge in [-0.2, -0.15) is 0 Å². The lowest BCUT2D eigenvalue weighted by Crippen LogP contribution is -2.42. The van der Waals surface area contributed by atoms with E-state index in [0.717, 1.165) is 39.1 Å². The van der Waals surface area contributed by atoms with Crippen LogP contribution in [0.5, 0.6) is 5.75 Å². The Hall–Kier alpha value is -2.58. The fraction of sp³-hybridized carbons (Fsp3) is 0.375. The van der Waals surface area contributed by atoms with Gasteiger partial charge in [0.05, 0.1) is 24.1 Å². The normalized spacial score (nSPS) is 19.5. The number of carboxylic acid groups (broad SMARTS) is 1. The Bertz CT molecular complexity index is 1100. The third-order valence-corrected chi connectivity index (χ3v) is 7.59. The van der Waals surface area contributed by atoms with Crippen LogP contribution in [0.4, 0.5) is 8.78 Å². The van der Waals surface area contributed by atoms with Crippen LogP contribution >= 0.6 is 11.8 Å². The van der Waals surface area contributed by atoms with Crippen LogP contribution in [0.1, 0.15) is 33.8 Å². The minimum absolute atomic E-state index is 0.0182. The van der Waals surface area contributed by atoms with Crippen molar-refractivity contribution in [2.75, 3.05) is 26.7 Å². The number of hydrogen-bond donors (Lipinski definition) is 2. The molecule has 3 aromatic rings. The Labute approximate surface area is 189 Å². The van der Waals surface area contributed by atoms with E-state index in [4.69, 9.17) is 4.74 Å². The van der Waals surface area contributed by atoms with E-state index in [1.165, 1.54) is 0 Å². The Balaban J connectivity index is 1.68. The van der Waals surface area contributed by atoms with Crippen LogP contribution in [0.25, 0.3) is 10.9 Å². The number of aromatic nitrogens is 1. The summed E-state index contributed by atoms with van der Waals surface area (Å²) in [6.45, 7) is 2.87. The van der Waals surface area contributed by atoms with Crippen molar-refractivity contribution in [3.8, 4) is 5.75 Å². The molecule has 0 radical (unpaired) electrons. The molecule has 1 aromatic heterocycles. The van der Waals surface area contributed by atoms with Gasteiger partial charge >= 0.3 is 5.97 Å². The molecule has 5 nitrogen and oxygen atoms in total. The molecule has 2 N–H and O–H groups in total. The second kappa shape index (κ2) is 9.50. The highest BCUT2D eigenvalue weighted by atomic mass is 32.2. The lowest BCUT2D eigenvalue weighted by Gasteiger charge is -2.38. The van der Waals surface area contributed by atoms with Crippen molar-refractivity contribution in [1.29, 1.82) is 0 Å². The number of hydrogen-bond acceptors (Lipinski definition) is 4. The van der Waals surface area contributed by atoms with Gasteiger partial charge in [0, 0.05) is 34.8 Å². The van der Waals surface area contributed by atoms with Gasteiger partial charge < -0.3 is 14.8 Å². The van der Waals surface area contributed by atoms with Crippen molar-refractivity contribution in [3.05, 3.63) is 59.3 Å². The van der Waals surface area contributed by atoms with Gasteiger partial charge in [-0.3, -0.25) is 4.90 Å². The van der Waals surface area contributed by atoms with Gasteiger partial charge in [0.1, 0.15) is 5.75 Å². The second-order valence-corrected chi connectivity index (χ2v) is 9.37. The zero-order valence-electron chi connectivity index (χ0n) is 18.0. The Kier molecular flexibility index (Phi) is 6.71. The van der Waals surface area contributed by atoms with Crippen molar-refractivity contribution in [2.24, 2.45) is 0 Å². The van der Waals surface area contributed by atoms with E-state index in [2.05, 4.69) is 4.98 Å². The average Bonchev–Trinajstić information content (AvgIpc) is 3.27. The van der Waals surface area contributed by atoms with Crippen molar-refractivity contribution >= 4 is 28.6 Å². The fourth-order valence-corrected chi connectivity index (χ4v) is 5.96. The van der Waals surface area contributed by atoms with E-state index in [-0.39, 0.29) is 23.3 Å². The number of aryl methyl sites for hydroxylation is 1. The minimum Gasteiger partial charge on any atom is -0.496 e. The molecule has 1 aliphatic rings. The predicted molar refractivity (Wildman–Crippen MR) is 122 cm³/mol. The molecule has 2 heterocycles. The van der Waals surface area contributed by atoms with Crippen LogP contribution in [-0.2, 0) is 0 Å². The first-order valence-corrected chi connectivity index (χ1v) is 11.4. The first-order chi connectivity index (χ1) is 15.4. The largest absolute Gasteiger partial charge is 0.496 e. The van der Waals surface area contributed by atoms with Crippen molar-refractivity contribution in [2.45, 2.75) is 35.8 Å². The van der Waals surface area contributed by atoms with E-state index in [9.17, 15) is 18.7 Å². The van der Waals surface area contributed by atoms with E-state index in [1.807, 2.05) is 37.4 Å². The molecule has 4 rings (SSSR count). The van der Waals surface area contributed by atoms with Gasteiger partial charge in [-0.1, -0.05) is 12.1 Å². The molecule has 0 amide bonds. The van der Waals surface area contributed by atoms with Gasteiger partial charge in [0.2, 0.25) is 0 Å². The van der Waals surface area contributed by atoms with Gasteiger partial charge in [-0.05, 0) is 55.3 Å². The highest BCUT2D eigenvalue weighted by molar-refractivity contribution is 8.00. The Morgan fingerprint density at radius 1 is 1.31 bits per heavy atom. The third kappa shape index (κ3) is 4.61. The van der Waals surface area contributed by atoms with Crippen LogP contribution in [0, 0.1) is 6.92 Å². The number of carboxylic acids is 1. The number of thioether (sulfide) groups is 1. The SMILES string of the molecule is COc1cc(C)c2[nH]ccc2c1S[C@H]1CCN(CC(F)F)C[C@H]1c1ccc(C(=O)O)cc1. The van der Waals surface area contributed by atoms with Gasteiger partial charge in [-0.25, -0.2) is 13.6 Å². The van der Waals surface area contributed by atoms with Gasteiger partial charge in [-0.15, -0.1) is 11.8 Å². The number of benzene rings is 2. The molecule has 1 saturated heterocycles. The summed E-state index contributed by atoms with van der Waals surface area (Å²) in [6.07, 6.45) is 0.270. The highest BCUT2D eigenvalue weighted by Gasteiger charge is 2.33. The van der Waals surface area contributed by atoms with E-state index in [0.29, 0.717) is 13.1 Å². The maximum Gasteiger partial charge on any atom is 0.335 e. The number of likely N-dealkylation sites (tertiary alicyclic amines) is 1. The standard InChI is InChI=1S/C24H26F2N2O3S/c1-14-11-19(31-2)23(17-7-9-27-22(14)17)32-20-8-10-28(13-21(25)26)12-18(20)15-3-5-16(6-4-15)24(29)30/h3-7,9,11,18,20-21,27H,8,10,12-13H2,1-2H3,(H,29,30)/t18-,20-/m0/s1. The molecule has 0 spiro atoms. The summed E-state index contributed by atoms with van der Waals surface area (Å²) in [5, 5.41) is 10.4. The molecule has 0 bridgehead atoms. The molecule has 2 aromatic carbocycles. The number of nitrogens with one attached hydrogen (secondary N) is 1. The number of fused-ring (bicyclic) bond motifs is 1. The smallest absolute Gasteiger partial charge is 0.335 e. The fourth-order valence-electron chi connectivity index (χ4n) is 4.47. The second-order valence-electron chi connectivity index (χ2n) is 8.12. The molecule has 1 aliphatic heterocycles. The molecule has 8 heteroatoms. The summed E-state index contributed by atoms with van der Waals surface area (Å²) in [5.74, 6) is -0.199. The number of carbonyl (C=O) groups is 1. The predicted octanol–water partition coefficient (Wildman–Crippen LogP) is 5.40. The number of rotatable bonds is 7. The Morgan fingerprint density at radius 3 is 2.72 bits per heavy atom. The number of piperidine rings is 1. The summed E-state index contributed by atoms with van der Waals surface area (Å²) in [7, 11) is 1.66. The Morgan fingerprint density at radius 2 is 2.06 bits per heavy atom. The van der Waals surface area contributed by atoms with Crippen LogP contribution < -0.4 is 4.74 Å². The first kappa shape index (κ1) is 22.6. The molecule has 2 atom stereocenters. The molecule has 32 heavy (non-hydrogen) atoms. The molecular formula is C24H26F2N2O3S. The average molecular weight is 461 g/mol. The number of H-pyrrole nitrogens is 1. The lowest BCUT2D eigenvalue weighted by atomic mass is 9.89. The summed E-state index contributed by atoms with van der Waals surface area (Å²) < 4.78 is 31.8.